The summed E-state index contributed by atoms with van der Waals surface area (Å²) in [4.78, 5) is 20.2. The first-order valence-electron chi connectivity index (χ1n) is 7.86. The van der Waals surface area contributed by atoms with Gasteiger partial charge >= 0.3 is 0 Å². The van der Waals surface area contributed by atoms with Crippen LogP contribution < -0.4 is 5.32 Å². The Balaban J connectivity index is 1.88. The molecule has 7 heteroatoms. The van der Waals surface area contributed by atoms with Gasteiger partial charge in [-0.2, -0.15) is 5.10 Å². The second-order valence-corrected chi connectivity index (χ2v) is 5.50. The van der Waals surface area contributed by atoms with Crippen molar-refractivity contribution in [2.75, 3.05) is 39.3 Å². The number of piperazine rings is 1. The lowest BCUT2D eigenvalue weighted by Crippen LogP contribution is -2.53. The van der Waals surface area contributed by atoms with Crippen molar-refractivity contribution in [3.05, 3.63) is 18.0 Å². The van der Waals surface area contributed by atoms with Gasteiger partial charge in [0.25, 0.3) is 0 Å². The van der Waals surface area contributed by atoms with Crippen LogP contribution >= 0.6 is 0 Å². The van der Waals surface area contributed by atoms with Crippen LogP contribution in [0.15, 0.2) is 17.4 Å². The van der Waals surface area contributed by atoms with Gasteiger partial charge < -0.3 is 15.1 Å². The molecule has 0 spiro atoms. The standard InChI is InChI=1S/C15H26N6O/c1-4-16-15(17-6-5-14-11-18-19(3)12-14)21-9-7-20(8-10-21)13(2)22/h11-12H,4-10H2,1-3H3,(H,16,17). The van der Waals surface area contributed by atoms with E-state index in [2.05, 4.69) is 22.2 Å². The van der Waals surface area contributed by atoms with Gasteiger partial charge in [-0.1, -0.05) is 0 Å². The van der Waals surface area contributed by atoms with Crippen LogP contribution in [0.5, 0.6) is 0 Å². The van der Waals surface area contributed by atoms with E-state index in [1.165, 1.54) is 5.56 Å². The molecule has 2 rings (SSSR count). The molecule has 2 heterocycles. The van der Waals surface area contributed by atoms with Crippen molar-refractivity contribution in [1.29, 1.82) is 0 Å². The minimum atomic E-state index is 0.151. The van der Waals surface area contributed by atoms with E-state index in [1.807, 2.05) is 29.0 Å². The maximum Gasteiger partial charge on any atom is 0.219 e. The number of carbonyl (C=O) groups is 1. The largest absolute Gasteiger partial charge is 0.357 e. The molecule has 7 nitrogen and oxygen atoms in total. The van der Waals surface area contributed by atoms with E-state index in [0.29, 0.717) is 0 Å². The second kappa shape index (κ2) is 7.82. The van der Waals surface area contributed by atoms with E-state index in [4.69, 9.17) is 4.99 Å². The molecule has 1 aromatic heterocycles. The smallest absolute Gasteiger partial charge is 0.219 e. The van der Waals surface area contributed by atoms with Crippen molar-refractivity contribution in [1.82, 2.24) is 24.9 Å². The molecule has 122 valence electrons. The maximum atomic E-state index is 11.4. The predicted octanol–water partition coefficient (Wildman–Crippen LogP) is 0.0922. The molecule has 0 aromatic carbocycles. The van der Waals surface area contributed by atoms with E-state index in [9.17, 15) is 4.79 Å². The van der Waals surface area contributed by atoms with Crippen LogP contribution in [0.25, 0.3) is 0 Å². The average Bonchev–Trinajstić information content (AvgIpc) is 2.92. The minimum Gasteiger partial charge on any atom is -0.357 e. The Hall–Kier alpha value is -2.05. The fraction of sp³-hybridized carbons (Fsp3) is 0.667. The SMILES string of the molecule is CCNC(=NCCc1cnn(C)c1)N1CCN(C(C)=O)CC1. The molecule has 1 aliphatic heterocycles. The number of aromatic nitrogens is 2. The summed E-state index contributed by atoms with van der Waals surface area (Å²) >= 11 is 0. The molecular formula is C15H26N6O. The van der Waals surface area contributed by atoms with Gasteiger partial charge in [0.1, 0.15) is 0 Å². The second-order valence-electron chi connectivity index (χ2n) is 5.50. The van der Waals surface area contributed by atoms with Gasteiger partial charge in [0.2, 0.25) is 5.91 Å². The molecular weight excluding hydrogens is 280 g/mol. The first-order chi connectivity index (χ1) is 10.6. The number of aliphatic imine (C=N–C) groups is 1. The average molecular weight is 306 g/mol. The molecule has 1 aromatic rings. The summed E-state index contributed by atoms with van der Waals surface area (Å²) in [7, 11) is 1.92. The predicted molar refractivity (Wildman–Crippen MR) is 86.7 cm³/mol. The number of rotatable bonds is 4. The molecule has 1 aliphatic rings. The van der Waals surface area contributed by atoms with Gasteiger partial charge in [-0.25, -0.2) is 0 Å². The van der Waals surface area contributed by atoms with Gasteiger partial charge in [-0.05, 0) is 18.9 Å². The molecule has 0 aliphatic carbocycles. The summed E-state index contributed by atoms with van der Waals surface area (Å²) in [5, 5.41) is 7.51. The lowest BCUT2D eigenvalue weighted by Gasteiger charge is -2.36. The third-order valence-electron chi connectivity index (χ3n) is 3.78. The number of guanidine groups is 1. The molecule has 1 fully saturated rings. The van der Waals surface area contributed by atoms with Crippen LogP contribution in [0, 0.1) is 0 Å². The van der Waals surface area contributed by atoms with Gasteiger partial charge in [0.05, 0.1) is 6.20 Å². The van der Waals surface area contributed by atoms with Gasteiger partial charge in [-0.15, -0.1) is 0 Å². The van der Waals surface area contributed by atoms with E-state index < -0.39 is 0 Å². The Morgan fingerprint density at radius 2 is 2.00 bits per heavy atom. The number of nitrogens with one attached hydrogen (secondary N) is 1. The quantitative estimate of drug-likeness (QED) is 0.632. The van der Waals surface area contributed by atoms with Crippen LogP contribution in [-0.4, -0.2) is 70.7 Å². The van der Waals surface area contributed by atoms with E-state index in [0.717, 1.165) is 51.6 Å². The minimum absolute atomic E-state index is 0.151. The van der Waals surface area contributed by atoms with Crippen molar-refractivity contribution in [2.24, 2.45) is 12.0 Å². The molecule has 0 radical (unpaired) electrons. The van der Waals surface area contributed by atoms with Crippen LogP contribution in [0.2, 0.25) is 0 Å². The Morgan fingerprint density at radius 1 is 1.32 bits per heavy atom. The number of nitrogens with zero attached hydrogens (tertiary/aromatic N) is 5. The lowest BCUT2D eigenvalue weighted by atomic mass is 10.2. The van der Waals surface area contributed by atoms with Crippen LogP contribution in [0.1, 0.15) is 19.4 Å². The molecule has 1 saturated heterocycles. The molecule has 0 unspecified atom stereocenters. The summed E-state index contributed by atoms with van der Waals surface area (Å²) in [6.45, 7) is 8.48. The Bertz CT molecular complexity index is 516. The number of hydrogen-bond acceptors (Lipinski definition) is 3. The summed E-state index contributed by atoms with van der Waals surface area (Å²) in [6.07, 6.45) is 4.79. The number of amides is 1. The highest BCUT2D eigenvalue weighted by Gasteiger charge is 2.20. The highest BCUT2D eigenvalue weighted by Crippen LogP contribution is 2.03. The van der Waals surface area contributed by atoms with E-state index in [-0.39, 0.29) is 5.91 Å². The Labute approximate surface area is 132 Å². The van der Waals surface area contributed by atoms with Crippen molar-refractivity contribution in [2.45, 2.75) is 20.3 Å². The zero-order chi connectivity index (χ0) is 15.9. The molecule has 1 N–H and O–H groups in total. The highest BCUT2D eigenvalue weighted by molar-refractivity contribution is 5.80. The lowest BCUT2D eigenvalue weighted by molar-refractivity contribution is -0.130. The summed E-state index contributed by atoms with van der Waals surface area (Å²) in [6, 6.07) is 0. The molecule has 0 saturated carbocycles. The zero-order valence-corrected chi connectivity index (χ0v) is 13.7. The van der Waals surface area contributed by atoms with Gasteiger partial charge in [0.15, 0.2) is 5.96 Å². The number of hydrogen-bond donors (Lipinski definition) is 1. The summed E-state index contributed by atoms with van der Waals surface area (Å²) in [5.74, 6) is 1.09. The molecule has 1 amide bonds. The third-order valence-corrected chi connectivity index (χ3v) is 3.78. The summed E-state index contributed by atoms with van der Waals surface area (Å²) in [5.41, 5.74) is 1.20. The number of aryl methyl sites for hydroxylation is 1. The monoisotopic (exact) mass is 306 g/mol. The molecule has 22 heavy (non-hydrogen) atoms. The normalized spacial score (nSPS) is 16.0. The maximum absolute atomic E-state index is 11.4. The topological polar surface area (TPSA) is 65.8 Å². The summed E-state index contributed by atoms with van der Waals surface area (Å²) < 4.78 is 1.81. The fourth-order valence-corrected chi connectivity index (χ4v) is 2.55. The number of carbonyl (C=O) groups excluding carboxylic acids is 1. The van der Waals surface area contributed by atoms with Gasteiger partial charge in [0, 0.05) is 59.4 Å². The van der Waals surface area contributed by atoms with Crippen LogP contribution in [-0.2, 0) is 18.3 Å². The Kier molecular flexibility index (Phi) is 5.80. The van der Waals surface area contributed by atoms with Crippen molar-refractivity contribution < 1.29 is 4.79 Å². The van der Waals surface area contributed by atoms with Crippen molar-refractivity contribution in [3.63, 3.8) is 0 Å². The molecule has 0 bridgehead atoms. The first kappa shape index (κ1) is 16.3. The highest BCUT2D eigenvalue weighted by atomic mass is 16.2. The van der Waals surface area contributed by atoms with E-state index in [1.54, 1.807) is 6.92 Å². The van der Waals surface area contributed by atoms with Crippen molar-refractivity contribution in [3.8, 4) is 0 Å². The third kappa shape index (κ3) is 4.47. The Morgan fingerprint density at radius 3 is 2.55 bits per heavy atom. The first-order valence-corrected chi connectivity index (χ1v) is 7.86. The van der Waals surface area contributed by atoms with Crippen molar-refractivity contribution >= 4 is 11.9 Å². The fourth-order valence-electron chi connectivity index (χ4n) is 2.55. The van der Waals surface area contributed by atoms with Crippen LogP contribution in [0.3, 0.4) is 0 Å². The van der Waals surface area contributed by atoms with E-state index >= 15 is 0 Å². The van der Waals surface area contributed by atoms with Crippen LogP contribution in [0.4, 0.5) is 0 Å². The zero-order valence-electron chi connectivity index (χ0n) is 13.7. The molecule has 0 atom stereocenters. The van der Waals surface area contributed by atoms with Gasteiger partial charge in [-0.3, -0.25) is 14.5 Å².